The predicted molar refractivity (Wildman–Crippen MR) is 118 cm³/mol. The number of carbonyl (C=O) groups is 1. The molecular formula is C22H33N5O2S. The Morgan fingerprint density at radius 1 is 1.13 bits per heavy atom. The first-order chi connectivity index (χ1) is 14.7. The van der Waals surface area contributed by atoms with E-state index in [1.54, 1.807) is 11.3 Å². The van der Waals surface area contributed by atoms with E-state index < -0.39 is 0 Å². The fraction of sp³-hybridized carbons (Fsp3) is 0.682. The fourth-order valence-electron chi connectivity index (χ4n) is 4.41. The van der Waals surface area contributed by atoms with Crippen molar-refractivity contribution >= 4 is 17.2 Å². The van der Waals surface area contributed by atoms with Crippen molar-refractivity contribution in [2.75, 3.05) is 45.8 Å². The van der Waals surface area contributed by atoms with Crippen LogP contribution < -0.4 is 0 Å². The molecular weight excluding hydrogens is 398 g/mol. The lowest BCUT2D eigenvalue weighted by molar-refractivity contribution is -0.138. The molecule has 164 valence electrons. The monoisotopic (exact) mass is 431 g/mol. The largest absolute Gasteiger partial charge is 0.339 e. The van der Waals surface area contributed by atoms with Gasteiger partial charge in [-0.3, -0.25) is 14.6 Å². The second-order valence-corrected chi connectivity index (χ2v) is 9.33. The average molecular weight is 432 g/mol. The van der Waals surface area contributed by atoms with Gasteiger partial charge in [0.1, 0.15) is 0 Å². The number of carbonyl (C=O) groups excluding carboxylic acids is 1. The summed E-state index contributed by atoms with van der Waals surface area (Å²) in [6.45, 7) is 8.79. The summed E-state index contributed by atoms with van der Waals surface area (Å²) in [6, 6.07) is 4.02. The molecule has 0 aliphatic carbocycles. The van der Waals surface area contributed by atoms with Gasteiger partial charge in [0, 0.05) is 32.6 Å². The lowest BCUT2D eigenvalue weighted by Crippen LogP contribution is -2.54. The zero-order valence-electron chi connectivity index (χ0n) is 18.0. The van der Waals surface area contributed by atoms with Crippen molar-refractivity contribution in [3.8, 4) is 10.7 Å². The molecule has 2 aliphatic rings. The smallest absolute Gasteiger partial charge is 0.239 e. The maximum atomic E-state index is 13.0. The van der Waals surface area contributed by atoms with Crippen LogP contribution in [0.4, 0.5) is 0 Å². The molecule has 2 aliphatic heterocycles. The Morgan fingerprint density at radius 3 is 2.60 bits per heavy atom. The molecule has 0 spiro atoms. The predicted octanol–water partition coefficient (Wildman–Crippen LogP) is 3.14. The number of thiophene rings is 1. The van der Waals surface area contributed by atoms with Crippen molar-refractivity contribution in [3.05, 3.63) is 23.4 Å². The Morgan fingerprint density at radius 2 is 1.90 bits per heavy atom. The maximum Gasteiger partial charge on any atom is 0.239 e. The van der Waals surface area contributed by atoms with Gasteiger partial charge in [-0.05, 0) is 57.3 Å². The van der Waals surface area contributed by atoms with Crippen LogP contribution in [-0.2, 0) is 11.2 Å². The second kappa shape index (κ2) is 10.5. The van der Waals surface area contributed by atoms with Crippen molar-refractivity contribution in [2.24, 2.45) is 0 Å². The molecule has 2 fully saturated rings. The van der Waals surface area contributed by atoms with Crippen LogP contribution in [0.5, 0.6) is 0 Å². The fourth-order valence-corrected chi connectivity index (χ4v) is 5.06. The number of aryl methyl sites for hydroxylation is 1. The van der Waals surface area contributed by atoms with E-state index in [0.29, 0.717) is 17.6 Å². The summed E-state index contributed by atoms with van der Waals surface area (Å²) in [5.41, 5.74) is 0. The van der Waals surface area contributed by atoms with Gasteiger partial charge >= 0.3 is 0 Å². The molecule has 1 unspecified atom stereocenters. The molecule has 2 aromatic heterocycles. The van der Waals surface area contributed by atoms with Gasteiger partial charge in [-0.15, -0.1) is 11.3 Å². The van der Waals surface area contributed by atoms with E-state index in [9.17, 15) is 4.79 Å². The Labute approximate surface area is 183 Å². The van der Waals surface area contributed by atoms with Gasteiger partial charge in [-0.1, -0.05) is 24.1 Å². The first kappa shape index (κ1) is 21.5. The number of piperazine rings is 1. The minimum absolute atomic E-state index is 0.0183. The quantitative estimate of drug-likeness (QED) is 0.671. The molecule has 0 radical (unpaired) electrons. The highest BCUT2D eigenvalue weighted by atomic mass is 32.1. The number of amides is 1. The summed E-state index contributed by atoms with van der Waals surface area (Å²) < 4.78 is 5.39. The summed E-state index contributed by atoms with van der Waals surface area (Å²) in [6.07, 6.45) is 6.83. The lowest BCUT2D eigenvalue weighted by atomic mass is 10.2. The van der Waals surface area contributed by atoms with Gasteiger partial charge in [0.25, 0.3) is 0 Å². The first-order valence-corrected chi connectivity index (χ1v) is 12.2. The van der Waals surface area contributed by atoms with Gasteiger partial charge in [0.15, 0.2) is 0 Å². The molecule has 2 aromatic rings. The number of likely N-dealkylation sites (tertiary alicyclic amines) is 1. The van der Waals surface area contributed by atoms with Gasteiger partial charge in [0.05, 0.1) is 10.9 Å². The van der Waals surface area contributed by atoms with E-state index in [0.717, 1.165) is 63.5 Å². The standard InChI is InChI=1S/C22H33N5O2S/c1-18(26-11-4-2-3-5-12-26)22(28)27-15-13-25(14-16-27)10-6-9-20-23-21(24-29-20)19-8-7-17-30-19/h7-8,17-18H,2-6,9-16H2,1H3. The van der Waals surface area contributed by atoms with E-state index in [1.165, 1.54) is 25.7 Å². The number of nitrogens with zero attached hydrogens (tertiary/aromatic N) is 5. The molecule has 0 saturated carbocycles. The van der Waals surface area contributed by atoms with Crippen LogP contribution in [0.3, 0.4) is 0 Å². The van der Waals surface area contributed by atoms with Gasteiger partial charge < -0.3 is 9.42 Å². The van der Waals surface area contributed by atoms with Crippen LogP contribution in [0.2, 0.25) is 0 Å². The highest BCUT2D eigenvalue weighted by Gasteiger charge is 2.28. The molecule has 0 N–H and O–H groups in total. The van der Waals surface area contributed by atoms with Crippen LogP contribution in [0, 0.1) is 0 Å². The number of hydrogen-bond donors (Lipinski definition) is 0. The van der Waals surface area contributed by atoms with Crippen molar-refractivity contribution in [2.45, 2.75) is 51.5 Å². The summed E-state index contributed by atoms with van der Waals surface area (Å²) in [4.78, 5) is 25.4. The minimum Gasteiger partial charge on any atom is -0.339 e. The number of hydrogen-bond acceptors (Lipinski definition) is 7. The molecule has 8 heteroatoms. The number of rotatable bonds is 7. The van der Waals surface area contributed by atoms with E-state index >= 15 is 0 Å². The Bertz CT molecular complexity index is 777. The van der Waals surface area contributed by atoms with E-state index in [2.05, 4.69) is 31.8 Å². The third-order valence-electron chi connectivity index (χ3n) is 6.30. The van der Waals surface area contributed by atoms with E-state index in [4.69, 9.17) is 4.52 Å². The Hall–Kier alpha value is -1.77. The molecule has 30 heavy (non-hydrogen) atoms. The van der Waals surface area contributed by atoms with Crippen molar-refractivity contribution < 1.29 is 9.32 Å². The van der Waals surface area contributed by atoms with Gasteiger partial charge in [-0.2, -0.15) is 4.98 Å². The minimum atomic E-state index is 0.0183. The normalized spacial score (nSPS) is 20.2. The van der Waals surface area contributed by atoms with Crippen LogP contribution in [0.1, 0.15) is 44.9 Å². The molecule has 4 heterocycles. The van der Waals surface area contributed by atoms with E-state index in [-0.39, 0.29) is 6.04 Å². The molecule has 0 aromatic carbocycles. The topological polar surface area (TPSA) is 65.7 Å². The summed E-state index contributed by atoms with van der Waals surface area (Å²) in [5, 5.41) is 6.10. The van der Waals surface area contributed by atoms with Gasteiger partial charge in [-0.25, -0.2) is 0 Å². The molecule has 2 saturated heterocycles. The third kappa shape index (κ3) is 5.47. The average Bonchev–Trinajstić information content (AvgIpc) is 3.40. The SMILES string of the molecule is CC(C(=O)N1CCN(CCCc2nc(-c3cccs3)no2)CC1)N1CCCCCC1. The van der Waals surface area contributed by atoms with Crippen molar-refractivity contribution in [1.82, 2.24) is 24.8 Å². The maximum absolute atomic E-state index is 13.0. The first-order valence-electron chi connectivity index (χ1n) is 11.3. The summed E-state index contributed by atoms with van der Waals surface area (Å²) in [7, 11) is 0. The third-order valence-corrected chi connectivity index (χ3v) is 7.17. The lowest BCUT2D eigenvalue weighted by Gasteiger charge is -2.38. The zero-order valence-corrected chi connectivity index (χ0v) is 18.8. The van der Waals surface area contributed by atoms with Gasteiger partial charge in [0.2, 0.25) is 17.6 Å². The molecule has 7 nitrogen and oxygen atoms in total. The molecule has 1 atom stereocenters. The highest BCUT2D eigenvalue weighted by molar-refractivity contribution is 7.13. The second-order valence-electron chi connectivity index (χ2n) is 8.39. The van der Waals surface area contributed by atoms with Crippen LogP contribution in [0.15, 0.2) is 22.0 Å². The summed E-state index contributed by atoms with van der Waals surface area (Å²) in [5.74, 6) is 1.70. The van der Waals surface area contributed by atoms with Crippen LogP contribution in [-0.4, -0.2) is 82.6 Å². The van der Waals surface area contributed by atoms with Crippen molar-refractivity contribution in [3.63, 3.8) is 0 Å². The van der Waals surface area contributed by atoms with E-state index in [1.807, 2.05) is 17.5 Å². The molecule has 4 rings (SSSR count). The van der Waals surface area contributed by atoms with Crippen LogP contribution in [0.25, 0.3) is 10.7 Å². The molecule has 1 amide bonds. The summed E-state index contributed by atoms with van der Waals surface area (Å²) >= 11 is 1.62. The van der Waals surface area contributed by atoms with Crippen molar-refractivity contribution in [1.29, 1.82) is 0 Å². The Kier molecular flexibility index (Phi) is 7.52. The Balaban J connectivity index is 1.17. The van der Waals surface area contributed by atoms with Crippen LogP contribution >= 0.6 is 11.3 Å². The highest BCUT2D eigenvalue weighted by Crippen LogP contribution is 2.21. The zero-order chi connectivity index (χ0) is 20.8. The molecule has 0 bridgehead atoms. The number of aromatic nitrogens is 2.